The summed E-state index contributed by atoms with van der Waals surface area (Å²) in [5.74, 6) is -0.240. The number of carbonyl (C=O) groups is 1. The van der Waals surface area contributed by atoms with Crippen molar-refractivity contribution in [3.63, 3.8) is 0 Å². The molecule has 1 amide bonds. The summed E-state index contributed by atoms with van der Waals surface area (Å²) >= 11 is 0. The second-order valence-corrected chi connectivity index (χ2v) is 5.75. The fraction of sp³-hybridized carbons (Fsp3) is 0.0556. The number of benzene rings is 1. The fourth-order valence-corrected chi connectivity index (χ4v) is 2.68. The van der Waals surface area contributed by atoms with E-state index in [-0.39, 0.29) is 28.3 Å². The first-order valence-electron chi connectivity index (χ1n) is 8.01. The summed E-state index contributed by atoms with van der Waals surface area (Å²) in [6.45, 7) is 0. The highest BCUT2D eigenvalue weighted by Gasteiger charge is 2.34. The van der Waals surface area contributed by atoms with Crippen LogP contribution < -0.4 is 5.32 Å². The third kappa shape index (κ3) is 3.27. The van der Waals surface area contributed by atoms with Crippen LogP contribution in [0.15, 0.2) is 61.3 Å². The second-order valence-electron chi connectivity index (χ2n) is 5.75. The summed E-state index contributed by atoms with van der Waals surface area (Å²) in [7, 11) is 0. The van der Waals surface area contributed by atoms with E-state index in [2.05, 4.69) is 25.4 Å². The molecule has 4 rings (SSSR count). The van der Waals surface area contributed by atoms with Gasteiger partial charge in [0.05, 0.1) is 16.8 Å². The first-order valence-corrected chi connectivity index (χ1v) is 8.01. The predicted octanol–water partition coefficient (Wildman–Crippen LogP) is 3.46. The standard InChI is InChI=1S/C18H11F3N6O/c19-18(20,21)13-4-2-1-3-12(13)14-7-16-24-6-5-15(27(16)26-14)25-17(28)11-8-22-10-23-9-11/h1-10H,(H,25,28). The van der Waals surface area contributed by atoms with Crippen molar-refractivity contribution in [2.75, 3.05) is 5.32 Å². The lowest BCUT2D eigenvalue weighted by Gasteiger charge is -2.10. The number of nitrogens with one attached hydrogen (secondary N) is 1. The van der Waals surface area contributed by atoms with Gasteiger partial charge in [-0.05, 0) is 12.1 Å². The molecule has 0 aliphatic heterocycles. The molecule has 0 aliphatic carbocycles. The SMILES string of the molecule is O=C(Nc1ccnc2cc(-c3ccccc3C(F)(F)F)nn12)c1cncnc1. The van der Waals surface area contributed by atoms with Crippen LogP contribution in [0.1, 0.15) is 15.9 Å². The van der Waals surface area contributed by atoms with Crippen LogP contribution in [0, 0.1) is 0 Å². The van der Waals surface area contributed by atoms with E-state index < -0.39 is 17.6 Å². The van der Waals surface area contributed by atoms with Crippen LogP contribution in [0.3, 0.4) is 0 Å². The molecule has 0 radical (unpaired) electrons. The molecule has 0 fully saturated rings. The van der Waals surface area contributed by atoms with Crippen molar-refractivity contribution >= 4 is 17.4 Å². The van der Waals surface area contributed by atoms with E-state index in [0.717, 1.165) is 6.07 Å². The predicted molar refractivity (Wildman–Crippen MR) is 93.4 cm³/mol. The number of anilines is 1. The summed E-state index contributed by atoms with van der Waals surface area (Å²) in [6.07, 6.45) is 0.876. The van der Waals surface area contributed by atoms with Gasteiger partial charge < -0.3 is 5.32 Å². The molecule has 0 saturated heterocycles. The lowest BCUT2D eigenvalue weighted by atomic mass is 10.0. The number of hydrogen-bond donors (Lipinski definition) is 1. The Morgan fingerprint density at radius 3 is 2.57 bits per heavy atom. The second kappa shape index (κ2) is 6.72. The molecular weight excluding hydrogens is 373 g/mol. The Labute approximate surface area is 155 Å². The van der Waals surface area contributed by atoms with Crippen LogP contribution >= 0.6 is 0 Å². The van der Waals surface area contributed by atoms with Gasteiger partial charge in [-0.25, -0.2) is 15.0 Å². The van der Waals surface area contributed by atoms with Gasteiger partial charge >= 0.3 is 6.18 Å². The smallest absolute Gasteiger partial charge is 0.306 e. The zero-order valence-electron chi connectivity index (χ0n) is 14.1. The Hall–Kier alpha value is -3.82. The van der Waals surface area contributed by atoms with Crippen molar-refractivity contribution < 1.29 is 18.0 Å². The highest BCUT2D eigenvalue weighted by atomic mass is 19.4. The average molecular weight is 384 g/mol. The Kier molecular flexibility index (Phi) is 4.22. The summed E-state index contributed by atoms with van der Waals surface area (Å²) < 4.78 is 41.2. The first-order chi connectivity index (χ1) is 13.4. The van der Waals surface area contributed by atoms with Crippen LogP contribution in [0.25, 0.3) is 16.9 Å². The quantitative estimate of drug-likeness (QED) is 0.585. The van der Waals surface area contributed by atoms with Gasteiger partial charge in [-0.3, -0.25) is 4.79 Å². The van der Waals surface area contributed by atoms with Gasteiger partial charge in [0.2, 0.25) is 0 Å². The van der Waals surface area contributed by atoms with E-state index in [4.69, 9.17) is 0 Å². The van der Waals surface area contributed by atoms with Gasteiger partial charge in [-0.15, -0.1) is 0 Å². The zero-order valence-corrected chi connectivity index (χ0v) is 14.1. The Bertz CT molecular complexity index is 1160. The summed E-state index contributed by atoms with van der Waals surface area (Å²) in [4.78, 5) is 24.0. The normalized spacial score (nSPS) is 11.5. The van der Waals surface area contributed by atoms with Crippen LogP contribution in [0.2, 0.25) is 0 Å². The molecule has 7 nitrogen and oxygen atoms in total. The number of aromatic nitrogens is 5. The fourth-order valence-electron chi connectivity index (χ4n) is 2.68. The molecule has 0 bridgehead atoms. The number of fused-ring (bicyclic) bond motifs is 1. The molecule has 3 heterocycles. The molecule has 3 aromatic heterocycles. The number of carbonyl (C=O) groups excluding carboxylic acids is 1. The third-order valence-corrected chi connectivity index (χ3v) is 3.93. The van der Waals surface area contributed by atoms with Crippen molar-refractivity contribution in [1.29, 1.82) is 0 Å². The molecule has 0 unspecified atom stereocenters. The van der Waals surface area contributed by atoms with Crippen molar-refractivity contribution in [3.8, 4) is 11.3 Å². The van der Waals surface area contributed by atoms with Gasteiger partial charge in [0.25, 0.3) is 5.91 Å². The van der Waals surface area contributed by atoms with E-state index in [1.807, 2.05) is 0 Å². The summed E-state index contributed by atoms with van der Waals surface area (Å²) in [5.41, 5.74) is -0.277. The van der Waals surface area contributed by atoms with Crippen molar-refractivity contribution in [1.82, 2.24) is 24.6 Å². The maximum absolute atomic E-state index is 13.3. The minimum Gasteiger partial charge on any atom is -0.306 e. The van der Waals surface area contributed by atoms with E-state index in [1.165, 1.54) is 59.8 Å². The van der Waals surface area contributed by atoms with Gasteiger partial charge in [0.1, 0.15) is 12.1 Å². The molecule has 0 aliphatic rings. The number of nitrogens with zero attached hydrogens (tertiary/aromatic N) is 5. The maximum Gasteiger partial charge on any atom is 0.417 e. The topological polar surface area (TPSA) is 85.1 Å². The van der Waals surface area contributed by atoms with Crippen LogP contribution in [0.4, 0.5) is 19.0 Å². The minimum absolute atomic E-state index is 0.0748. The van der Waals surface area contributed by atoms with E-state index in [1.54, 1.807) is 0 Å². The van der Waals surface area contributed by atoms with E-state index in [9.17, 15) is 18.0 Å². The van der Waals surface area contributed by atoms with E-state index in [0.29, 0.717) is 0 Å². The monoisotopic (exact) mass is 384 g/mol. The average Bonchev–Trinajstić information content (AvgIpc) is 3.13. The molecule has 0 saturated carbocycles. The van der Waals surface area contributed by atoms with Gasteiger partial charge in [-0.1, -0.05) is 18.2 Å². The van der Waals surface area contributed by atoms with Gasteiger partial charge in [0, 0.05) is 30.2 Å². The van der Waals surface area contributed by atoms with Crippen molar-refractivity contribution in [2.45, 2.75) is 6.18 Å². The summed E-state index contributed by atoms with van der Waals surface area (Å²) in [5, 5.41) is 6.84. The Morgan fingerprint density at radius 1 is 1.07 bits per heavy atom. The van der Waals surface area contributed by atoms with Crippen molar-refractivity contribution in [3.05, 3.63) is 72.4 Å². The minimum atomic E-state index is -4.52. The molecule has 4 aromatic rings. The van der Waals surface area contributed by atoms with Gasteiger partial charge in [0.15, 0.2) is 5.65 Å². The number of hydrogen-bond acceptors (Lipinski definition) is 5. The van der Waals surface area contributed by atoms with Crippen LogP contribution in [0.5, 0.6) is 0 Å². The Morgan fingerprint density at radius 2 is 1.82 bits per heavy atom. The lowest BCUT2D eigenvalue weighted by molar-refractivity contribution is -0.137. The highest BCUT2D eigenvalue weighted by Crippen LogP contribution is 2.36. The zero-order chi connectivity index (χ0) is 19.7. The molecular formula is C18H11F3N6O. The molecule has 140 valence electrons. The molecule has 0 atom stereocenters. The molecule has 10 heteroatoms. The number of rotatable bonds is 3. The van der Waals surface area contributed by atoms with Crippen LogP contribution in [-0.4, -0.2) is 30.5 Å². The molecule has 0 spiro atoms. The highest BCUT2D eigenvalue weighted by molar-refractivity contribution is 6.03. The molecule has 1 aromatic carbocycles. The Balaban J connectivity index is 1.76. The lowest BCUT2D eigenvalue weighted by Crippen LogP contribution is -2.15. The van der Waals surface area contributed by atoms with Crippen molar-refractivity contribution in [2.24, 2.45) is 0 Å². The molecule has 28 heavy (non-hydrogen) atoms. The van der Waals surface area contributed by atoms with E-state index >= 15 is 0 Å². The number of alkyl halides is 3. The third-order valence-electron chi connectivity index (χ3n) is 3.93. The van der Waals surface area contributed by atoms with Gasteiger partial charge in [-0.2, -0.15) is 22.8 Å². The number of amides is 1. The number of halogens is 3. The summed E-state index contributed by atoms with van der Waals surface area (Å²) in [6, 6.07) is 8.05. The van der Waals surface area contributed by atoms with Crippen LogP contribution in [-0.2, 0) is 6.18 Å². The molecule has 1 N–H and O–H groups in total. The maximum atomic E-state index is 13.3. The largest absolute Gasteiger partial charge is 0.417 e. The first kappa shape index (κ1) is 17.6.